The number of hydrogen-bond acceptors (Lipinski definition) is 2. The Balaban J connectivity index is 2.24. The van der Waals surface area contributed by atoms with Crippen LogP contribution in [0.15, 0.2) is 24.3 Å². The summed E-state index contributed by atoms with van der Waals surface area (Å²) < 4.78 is 0. The van der Waals surface area contributed by atoms with Crippen LogP contribution in [0, 0.1) is 5.92 Å². The maximum atomic E-state index is 10.7. The third-order valence-corrected chi connectivity index (χ3v) is 3.55. The van der Waals surface area contributed by atoms with Crippen molar-refractivity contribution >= 4 is 0 Å². The van der Waals surface area contributed by atoms with E-state index in [1.165, 1.54) is 0 Å². The molecule has 0 aliphatic heterocycles. The van der Waals surface area contributed by atoms with E-state index in [9.17, 15) is 5.11 Å². The number of nitrogens with two attached hydrogens (primary N) is 1. The molecule has 0 spiro atoms. The SMILES string of the molecule is CC(C)CCC1(O)CC(N)c2ccccc21. The van der Waals surface area contributed by atoms with Gasteiger partial charge in [0, 0.05) is 6.04 Å². The molecule has 0 aromatic heterocycles. The molecule has 2 atom stereocenters. The van der Waals surface area contributed by atoms with Gasteiger partial charge in [-0.3, -0.25) is 0 Å². The van der Waals surface area contributed by atoms with Crippen LogP contribution in [-0.2, 0) is 5.60 Å². The Hall–Kier alpha value is -0.860. The Morgan fingerprint density at radius 2 is 2.12 bits per heavy atom. The molecule has 2 unspecified atom stereocenters. The van der Waals surface area contributed by atoms with Gasteiger partial charge in [-0.2, -0.15) is 0 Å². The van der Waals surface area contributed by atoms with Gasteiger partial charge >= 0.3 is 0 Å². The largest absolute Gasteiger partial charge is 0.385 e. The Morgan fingerprint density at radius 1 is 1.44 bits per heavy atom. The van der Waals surface area contributed by atoms with Gasteiger partial charge in [0.15, 0.2) is 0 Å². The van der Waals surface area contributed by atoms with Crippen molar-refractivity contribution in [2.45, 2.75) is 44.8 Å². The lowest BCUT2D eigenvalue weighted by atomic mass is 9.88. The van der Waals surface area contributed by atoms with E-state index in [-0.39, 0.29) is 6.04 Å². The normalized spacial score (nSPS) is 28.4. The summed E-state index contributed by atoms with van der Waals surface area (Å²) in [6, 6.07) is 8.02. The highest BCUT2D eigenvalue weighted by atomic mass is 16.3. The van der Waals surface area contributed by atoms with Gasteiger partial charge in [0.2, 0.25) is 0 Å². The molecule has 1 aromatic rings. The van der Waals surface area contributed by atoms with E-state index in [1.807, 2.05) is 24.3 Å². The molecule has 1 aliphatic carbocycles. The number of benzene rings is 1. The molecule has 0 saturated carbocycles. The lowest BCUT2D eigenvalue weighted by molar-refractivity contribution is 0.0197. The summed E-state index contributed by atoms with van der Waals surface area (Å²) in [4.78, 5) is 0. The first-order valence-electron chi connectivity index (χ1n) is 6.10. The minimum Gasteiger partial charge on any atom is -0.385 e. The highest BCUT2D eigenvalue weighted by Gasteiger charge is 2.40. The van der Waals surface area contributed by atoms with Gasteiger partial charge in [-0.15, -0.1) is 0 Å². The summed E-state index contributed by atoms with van der Waals surface area (Å²) in [5.74, 6) is 0.619. The molecule has 1 aliphatic rings. The van der Waals surface area contributed by atoms with Gasteiger partial charge in [0.05, 0.1) is 5.60 Å². The van der Waals surface area contributed by atoms with Crippen molar-refractivity contribution in [2.75, 3.05) is 0 Å². The zero-order valence-corrected chi connectivity index (χ0v) is 10.1. The minimum absolute atomic E-state index is 0.00615. The zero-order chi connectivity index (χ0) is 11.8. The quantitative estimate of drug-likeness (QED) is 0.821. The number of rotatable bonds is 3. The maximum Gasteiger partial charge on any atom is 0.0918 e. The summed E-state index contributed by atoms with van der Waals surface area (Å²) in [5.41, 5.74) is 7.54. The Bertz CT molecular complexity index is 375. The summed E-state index contributed by atoms with van der Waals surface area (Å²) in [5, 5.41) is 10.7. The third-order valence-electron chi connectivity index (χ3n) is 3.55. The number of hydrogen-bond donors (Lipinski definition) is 2. The summed E-state index contributed by atoms with van der Waals surface area (Å²) in [6.07, 6.45) is 2.52. The van der Waals surface area contributed by atoms with Crippen LogP contribution in [0.4, 0.5) is 0 Å². The molecule has 0 radical (unpaired) electrons. The van der Waals surface area contributed by atoms with Crippen LogP contribution >= 0.6 is 0 Å². The number of aliphatic hydroxyl groups is 1. The lowest BCUT2D eigenvalue weighted by Gasteiger charge is -2.25. The highest BCUT2D eigenvalue weighted by Crippen LogP contribution is 2.45. The molecule has 16 heavy (non-hydrogen) atoms. The summed E-state index contributed by atoms with van der Waals surface area (Å²) >= 11 is 0. The molecular formula is C14H21NO. The first-order valence-corrected chi connectivity index (χ1v) is 6.10. The van der Waals surface area contributed by atoms with Crippen LogP contribution in [0.2, 0.25) is 0 Å². The fraction of sp³-hybridized carbons (Fsp3) is 0.571. The van der Waals surface area contributed by atoms with Crippen LogP contribution in [0.25, 0.3) is 0 Å². The van der Waals surface area contributed by atoms with Crippen LogP contribution in [-0.4, -0.2) is 5.11 Å². The van der Waals surface area contributed by atoms with Crippen molar-refractivity contribution in [2.24, 2.45) is 11.7 Å². The van der Waals surface area contributed by atoms with E-state index in [1.54, 1.807) is 0 Å². The van der Waals surface area contributed by atoms with E-state index in [0.717, 1.165) is 24.0 Å². The fourth-order valence-corrected chi connectivity index (χ4v) is 2.59. The van der Waals surface area contributed by atoms with Crippen molar-refractivity contribution in [1.82, 2.24) is 0 Å². The first-order chi connectivity index (χ1) is 7.53. The molecular weight excluding hydrogens is 198 g/mol. The molecule has 0 fully saturated rings. The topological polar surface area (TPSA) is 46.2 Å². The third kappa shape index (κ3) is 2.00. The van der Waals surface area contributed by atoms with Crippen molar-refractivity contribution in [3.05, 3.63) is 35.4 Å². The second-order valence-corrected chi connectivity index (χ2v) is 5.36. The number of fused-ring (bicyclic) bond motifs is 1. The minimum atomic E-state index is -0.694. The average Bonchev–Trinajstić information content (AvgIpc) is 2.51. The van der Waals surface area contributed by atoms with Gasteiger partial charge in [-0.25, -0.2) is 0 Å². The van der Waals surface area contributed by atoms with Crippen LogP contribution < -0.4 is 5.73 Å². The molecule has 0 amide bonds. The van der Waals surface area contributed by atoms with Gasteiger partial charge in [-0.1, -0.05) is 38.1 Å². The summed E-state index contributed by atoms with van der Waals surface area (Å²) in [7, 11) is 0. The smallest absolute Gasteiger partial charge is 0.0918 e. The molecule has 0 saturated heterocycles. The van der Waals surface area contributed by atoms with Crippen molar-refractivity contribution in [3.8, 4) is 0 Å². The van der Waals surface area contributed by atoms with E-state index in [0.29, 0.717) is 12.3 Å². The molecule has 0 bridgehead atoms. The van der Waals surface area contributed by atoms with Gasteiger partial charge in [0.1, 0.15) is 0 Å². The maximum absolute atomic E-state index is 10.7. The first kappa shape index (κ1) is 11.6. The summed E-state index contributed by atoms with van der Waals surface area (Å²) in [6.45, 7) is 4.37. The van der Waals surface area contributed by atoms with E-state index >= 15 is 0 Å². The molecule has 2 rings (SSSR count). The monoisotopic (exact) mass is 219 g/mol. The standard InChI is InChI=1S/C14H21NO/c1-10(2)7-8-14(16)9-13(15)11-5-3-4-6-12(11)14/h3-6,10,13,16H,7-9,15H2,1-2H3. The molecule has 2 heteroatoms. The second kappa shape index (κ2) is 4.19. The van der Waals surface area contributed by atoms with Gasteiger partial charge in [0.25, 0.3) is 0 Å². The predicted octanol–water partition coefficient (Wildman–Crippen LogP) is 2.71. The van der Waals surface area contributed by atoms with E-state index in [2.05, 4.69) is 13.8 Å². The second-order valence-electron chi connectivity index (χ2n) is 5.36. The van der Waals surface area contributed by atoms with Crippen LogP contribution in [0.1, 0.15) is 50.3 Å². The van der Waals surface area contributed by atoms with Crippen molar-refractivity contribution in [3.63, 3.8) is 0 Å². The van der Waals surface area contributed by atoms with Gasteiger partial charge < -0.3 is 10.8 Å². The lowest BCUT2D eigenvalue weighted by Crippen LogP contribution is -2.24. The van der Waals surface area contributed by atoms with Crippen LogP contribution in [0.5, 0.6) is 0 Å². The van der Waals surface area contributed by atoms with E-state index in [4.69, 9.17) is 5.73 Å². The molecule has 2 nitrogen and oxygen atoms in total. The van der Waals surface area contributed by atoms with Crippen molar-refractivity contribution in [1.29, 1.82) is 0 Å². The Kier molecular flexibility index (Phi) is 3.04. The molecule has 0 heterocycles. The fourth-order valence-electron chi connectivity index (χ4n) is 2.59. The van der Waals surface area contributed by atoms with E-state index < -0.39 is 5.60 Å². The van der Waals surface area contributed by atoms with Crippen LogP contribution in [0.3, 0.4) is 0 Å². The predicted molar refractivity (Wildman–Crippen MR) is 66.0 cm³/mol. The zero-order valence-electron chi connectivity index (χ0n) is 10.1. The van der Waals surface area contributed by atoms with Crippen molar-refractivity contribution < 1.29 is 5.11 Å². The highest BCUT2D eigenvalue weighted by molar-refractivity contribution is 5.39. The Morgan fingerprint density at radius 3 is 2.81 bits per heavy atom. The van der Waals surface area contributed by atoms with Gasteiger partial charge in [-0.05, 0) is 36.3 Å². The Labute approximate surface area is 97.5 Å². The molecule has 3 N–H and O–H groups in total. The molecule has 1 aromatic carbocycles. The molecule has 88 valence electrons. The average molecular weight is 219 g/mol.